The van der Waals surface area contributed by atoms with E-state index in [4.69, 9.17) is 0 Å². The molecule has 0 N–H and O–H groups in total. The molecular weight excluding hydrogens is 338 g/mol. The maximum Gasteiger partial charge on any atom is 0.213 e. The summed E-state index contributed by atoms with van der Waals surface area (Å²) < 4.78 is 2.26. The van der Waals surface area contributed by atoms with Crippen LogP contribution in [-0.2, 0) is 19.9 Å². The van der Waals surface area contributed by atoms with E-state index in [9.17, 15) is 0 Å². The van der Waals surface area contributed by atoms with Crippen molar-refractivity contribution in [3.63, 3.8) is 0 Å². The molecular formula is C27H26N+. The van der Waals surface area contributed by atoms with Gasteiger partial charge in [0.05, 0.1) is 5.56 Å². The van der Waals surface area contributed by atoms with E-state index in [1.165, 1.54) is 61.0 Å². The number of fused-ring (bicyclic) bond motifs is 5. The van der Waals surface area contributed by atoms with Gasteiger partial charge in [-0.1, -0.05) is 48.0 Å². The van der Waals surface area contributed by atoms with Crippen LogP contribution in [-0.4, -0.2) is 0 Å². The Bertz CT molecular complexity index is 1250. The van der Waals surface area contributed by atoms with Crippen molar-refractivity contribution in [3.8, 4) is 22.4 Å². The molecule has 1 aliphatic rings. The first-order valence-electron chi connectivity index (χ1n) is 10.1. The zero-order valence-electron chi connectivity index (χ0n) is 17.1. The molecule has 0 atom stereocenters. The molecule has 0 fully saturated rings. The summed E-state index contributed by atoms with van der Waals surface area (Å²) in [5, 5.41) is 2.77. The number of aryl methyl sites for hydroxylation is 5. The van der Waals surface area contributed by atoms with Gasteiger partial charge in [0.15, 0.2) is 6.20 Å². The first-order valence-corrected chi connectivity index (χ1v) is 10.1. The normalized spacial score (nSPS) is 12.7. The number of nitrogens with zero attached hydrogens (tertiary/aromatic N) is 1. The molecule has 5 rings (SSSR count). The Hall–Kier alpha value is -2.93. The molecule has 1 heteroatoms. The third-order valence-electron chi connectivity index (χ3n) is 6.28. The van der Waals surface area contributed by atoms with Crippen LogP contribution in [0.15, 0.2) is 60.8 Å². The molecule has 0 saturated heterocycles. The lowest BCUT2D eigenvalue weighted by molar-refractivity contribution is -0.660. The number of pyridine rings is 1. The van der Waals surface area contributed by atoms with Gasteiger partial charge in [-0.05, 0) is 77.8 Å². The predicted molar refractivity (Wildman–Crippen MR) is 118 cm³/mol. The molecule has 138 valence electrons. The average Bonchev–Trinajstić information content (AvgIpc) is 2.69. The minimum atomic E-state index is 1.10. The van der Waals surface area contributed by atoms with Gasteiger partial charge in [0.2, 0.25) is 5.69 Å². The van der Waals surface area contributed by atoms with Crippen LogP contribution in [0.25, 0.3) is 33.2 Å². The standard InChI is InChI=1S/C27H26N/c1-17-5-8-21-20(15-17)7-10-23-22(21)11-12-25-24(23)9-6-19(3)27(25)26-16-18(2)13-14-28(26)4/h5-10,13-16H,11-12H2,1-4H3/q+1. The minimum absolute atomic E-state index is 1.10. The van der Waals surface area contributed by atoms with Crippen LogP contribution < -0.4 is 4.57 Å². The molecule has 0 aliphatic heterocycles. The highest BCUT2D eigenvalue weighted by Crippen LogP contribution is 2.42. The van der Waals surface area contributed by atoms with E-state index >= 15 is 0 Å². The van der Waals surface area contributed by atoms with Crippen LogP contribution in [0, 0.1) is 20.8 Å². The van der Waals surface area contributed by atoms with Crippen molar-refractivity contribution in [2.75, 3.05) is 0 Å². The van der Waals surface area contributed by atoms with Crippen molar-refractivity contribution >= 4 is 10.8 Å². The second-order valence-electron chi connectivity index (χ2n) is 8.30. The SMILES string of the molecule is Cc1cc[n+](C)c(-c2c(C)ccc3c2CCc2c-3ccc3cc(C)ccc23)c1. The maximum atomic E-state index is 2.34. The lowest BCUT2D eigenvalue weighted by Gasteiger charge is -2.24. The highest BCUT2D eigenvalue weighted by molar-refractivity contribution is 5.95. The molecule has 1 heterocycles. The largest absolute Gasteiger partial charge is 0.213 e. The average molecular weight is 365 g/mol. The molecule has 0 saturated carbocycles. The summed E-state index contributed by atoms with van der Waals surface area (Å²) in [4.78, 5) is 0. The van der Waals surface area contributed by atoms with Gasteiger partial charge in [0, 0.05) is 12.1 Å². The zero-order chi connectivity index (χ0) is 19.4. The Morgan fingerprint density at radius 2 is 1.43 bits per heavy atom. The van der Waals surface area contributed by atoms with Crippen LogP contribution in [0.1, 0.15) is 27.8 Å². The van der Waals surface area contributed by atoms with Crippen molar-refractivity contribution in [3.05, 3.63) is 88.6 Å². The van der Waals surface area contributed by atoms with Crippen molar-refractivity contribution < 1.29 is 4.57 Å². The highest BCUT2D eigenvalue weighted by atomic mass is 14.9. The van der Waals surface area contributed by atoms with Crippen LogP contribution in [0.3, 0.4) is 0 Å². The summed E-state index contributed by atoms with van der Waals surface area (Å²) in [7, 11) is 2.15. The lowest BCUT2D eigenvalue weighted by Crippen LogP contribution is -2.31. The van der Waals surface area contributed by atoms with Crippen molar-refractivity contribution in [2.45, 2.75) is 33.6 Å². The number of rotatable bonds is 1. The summed E-state index contributed by atoms with van der Waals surface area (Å²) in [5.41, 5.74) is 12.6. The van der Waals surface area contributed by atoms with Gasteiger partial charge >= 0.3 is 0 Å². The Morgan fingerprint density at radius 1 is 0.714 bits per heavy atom. The Balaban J connectivity index is 1.79. The van der Waals surface area contributed by atoms with Gasteiger partial charge in [-0.2, -0.15) is 0 Å². The van der Waals surface area contributed by atoms with Gasteiger partial charge in [0.25, 0.3) is 0 Å². The fourth-order valence-electron chi connectivity index (χ4n) is 4.84. The van der Waals surface area contributed by atoms with Gasteiger partial charge in [-0.3, -0.25) is 0 Å². The van der Waals surface area contributed by atoms with Crippen molar-refractivity contribution in [1.29, 1.82) is 0 Å². The van der Waals surface area contributed by atoms with Gasteiger partial charge < -0.3 is 0 Å². The molecule has 0 radical (unpaired) electrons. The van der Waals surface area contributed by atoms with E-state index < -0.39 is 0 Å². The molecule has 1 nitrogen and oxygen atoms in total. The monoisotopic (exact) mass is 364 g/mol. The van der Waals surface area contributed by atoms with E-state index in [1.54, 1.807) is 0 Å². The summed E-state index contributed by atoms with van der Waals surface area (Å²) in [6.45, 7) is 6.60. The number of hydrogen-bond acceptors (Lipinski definition) is 0. The second-order valence-corrected chi connectivity index (χ2v) is 8.30. The summed E-state index contributed by atoms with van der Waals surface area (Å²) in [6, 6.07) is 20.6. The molecule has 0 bridgehead atoms. The highest BCUT2D eigenvalue weighted by Gasteiger charge is 2.25. The van der Waals surface area contributed by atoms with E-state index in [-0.39, 0.29) is 0 Å². The Labute approximate surface area is 167 Å². The van der Waals surface area contributed by atoms with E-state index in [2.05, 4.69) is 93.2 Å². The minimum Gasteiger partial charge on any atom is -0.201 e. The quantitative estimate of drug-likeness (QED) is 0.364. The van der Waals surface area contributed by atoms with Gasteiger partial charge in [0.1, 0.15) is 7.05 Å². The van der Waals surface area contributed by atoms with Crippen LogP contribution in [0.5, 0.6) is 0 Å². The molecule has 0 spiro atoms. The summed E-state index contributed by atoms with van der Waals surface area (Å²) >= 11 is 0. The zero-order valence-corrected chi connectivity index (χ0v) is 17.1. The fourth-order valence-corrected chi connectivity index (χ4v) is 4.84. The molecule has 0 amide bonds. The smallest absolute Gasteiger partial charge is 0.201 e. The Morgan fingerprint density at radius 3 is 2.29 bits per heavy atom. The molecule has 1 aliphatic carbocycles. The number of benzene rings is 3. The first kappa shape index (κ1) is 17.2. The topological polar surface area (TPSA) is 3.88 Å². The Kier molecular flexibility index (Phi) is 3.87. The van der Waals surface area contributed by atoms with Crippen LogP contribution >= 0.6 is 0 Å². The molecule has 28 heavy (non-hydrogen) atoms. The third kappa shape index (κ3) is 2.57. The molecule has 0 unspecified atom stereocenters. The number of aromatic nitrogens is 1. The lowest BCUT2D eigenvalue weighted by atomic mass is 9.79. The van der Waals surface area contributed by atoms with E-state index in [1.807, 2.05) is 0 Å². The van der Waals surface area contributed by atoms with Crippen molar-refractivity contribution in [1.82, 2.24) is 0 Å². The molecule has 1 aromatic heterocycles. The van der Waals surface area contributed by atoms with E-state index in [0.29, 0.717) is 0 Å². The van der Waals surface area contributed by atoms with Gasteiger partial charge in [-0.25, -0.2) is 4.57 Å². The van der Waals surface area contributed by atoms with E-state index in [0.717, 1.165) is 12.8 Å². The molecule has 3 aromatic carbocycles. The predicted octanol–water partition coefficient (Wildman–Crippen LogP) is 6.02. The maximum absolute atomic E-state index is 2.34. The summed E-state index contributed by atoms with van der Waals surface area (Å²) in [6.07, 6.45) is 4.38. The number of hydrogen-bond donors (Lipinski definition) is 0. The van der Waals surface area contributed by atoms with Crippen LogP contribution in [0.2, 0.25) is 0 Å². The second kappa shape index (κ2) is 6.31. The van der Waals surface area contributed by atoms with Crippen LogP contribution in [0.4, 0.5) is 0 Å². The van der Waals surface area contributed by atoms with Gasteiger partial charge in [-0.15, -0.1) is 0 Å². The third-order valence-corrected chi connectivity index (χ3v) is 6.28. The fraction of sp³-hybridized carbons (Fsp3) is 0.222. The first-order chi connectivity index (χ1) is 13.5. The summed E-state index contributed by atoms with van der Waals surface area (Å²) in [5.74, 6) is 0. The molecule has 4 aromatic rings. The van der Waals surface area contributed by atoms with Crippen molar-refractivity contribution in [2.24, 2.45) is 7.05 Å².